The van der Waals surface area contributed by atoms with Crippen molar-refractivity contribution in [3.63, 3.8) is 0 Å². The maximum Gasteiger partial charge on any atom is 0.336 e. The summed E-state index contributed by atoms with van der Waals surface area (Å²) in [5.41, 5.74) is 0. The molecule has 3 fully saturated rings. The van der Waals surface area contributed by atoms with Gasteiger partial charge in [-0.3, -0.25) is 28.9 Å². The summed E-state index contributed by atoms with van der Waals surface area (Å²) in [4.78, 5) is 77.8. The van der Waals surface area contributed by atoms with Gasteiger partial charge in [-0.05, 0) is 38.5 Å². The molecule has 1 aliphatic carbocycles. The molecule has 33 heavy (non-hydrogen) atoms. The minimum atomic E-state index is -0.577. The van der Waals surface area contributed by atoms with Crippen LogP contribution in [0.4, 0.5) is 0 Å². The van der Waals surface area contributed by atoms with Crippen LogP contribution in [0.2, 0.25) is 0 Å². The Morgan fingerprint density at radius 2 is 1.64 bits per heavy atom. The quantitative estimate of drug-likeness (QED) is 0.316. The van der Waals surface area contributed by atoms with Gasteiger partial charge < -0.3 is 9.57 Å². The van der Waals surface area contributed by atoms with E-state index in [4.69, 9.17) is 9.57 Å². The molecule has 0 aromatic carbocycles. The van der Waals surface area contributed by atoms with Crippen LogP contribution < -0.4 is 0 Å². The number of hydrogen-bond donors (Lipinski definition) is 0. The standard InChI is InChI=1S/C22H30N2O8S/c1-14(25)8-9-31-10-11-33-17-12-20(28)23(21(17)29)13-15-2-4-16(5-3-15)22(30)32-24-18(26)6-7-19(24)27/h15-17H,2-13H2,1H3/t15-,16-,17?. The van der Waals surface area contributed by atoms with Crippen LogP contribution in [-0.4, -0.2) is 76.1 Å². The molecule has 2 heterocycles. The summed E-state index contributed by atoms with van der Waals surface area (Å²) in [6.45, 7) is 2.63. The smallest absolute Gasteiger partial charge is 0.336 e. The number of hydroxylamine groups is 2. The molecule has 3 aliphatic rings. The normalized spacial score (nSPS) is 25.8. The monoisotopic (exact) mass is 482 g/mol. The largest absolute Gasteiger partial charge is 0.380 e. The first-order valence-electron chi connectivity index (χ1n) is 11.4. The van der Waals surface area contributed by atoms with Gasteiger partial charge >= 0.3 is 5.97 Å². The highest BCUT2D eigenvalue weighted by molar-refractivity contribution is 8.00. The zero-order valence-electron chi connectivity index (χ0n) is 18.8. The number of hydrogen-bond acceptors (Lipinski definition) is 9. The molecule has 1 unspecified atom stereocenters. The van der Waals surface area contributed by atoms with E-state index in [-0.39, 0.29) is 42.8 Å². The fraction of sp³-hybridized carbons (Fsp3) is 0.727. The molecule has 0 radical (unpaired) electrons. The van der Waals surface area contributed by atoms with Crippen molar-refractivity contribution in [2.24, 2.45) is 11.8 Å². The van der Waals surface area contributed by atoms with Gasteiger partial charge in [0, 0.05) is 38.0 Å². The van der Waals surface area contributed by atoms with Crippen LogP contribution in [-0.2, 0) is 38.3 Å². The lowest BCUT2D eigenvalue weighted by atomic mass is 9.82. The van der Waals surface area contributed by atoms with Crippen LogP contribution in [0.5, 0.6) is 0 Å². The van der Waals surface area contributed by atoms with E-state index in [0.29, 0.717) is 62.7 Å². The Morgan fingerprint density at radius 3 is 2.27 bits per heavy atom. The van der Waals surface area contributed by atoms with Crippen molar-refractivity contribution >= 4 is 47.1 Å². The van der Waals surface area contributed by atoms with Crippen molar-refractivity contribution in [3.05, 3.63) is 0 Å². The number of Topliss-reactive ketones (excluding diaryl/α,β-unsaturated/α-hetero) is 1. The molecule has 11 heteroatoms. The summed E-state index contributed by atoms with van der Waals surface area (Å²) in [7, 11) is 0. The molecule has 0 N–H and O–H groups in total. The first-order valence-corrected chi connectivity index (χ1v) is 12.4. The average Bonchev–Trinajstić information content (AvgIpc) is 3.23. The number of carbonyl (C=O) groups is 6. The molecule has 1 saturated carbocycles. The average molecular weight is 483 g/mol. The van der Waals surface area contributed by atoms with E-state index in [1.165, 1.54) is 23.6 Å². The summed E-state index contributed by atoms with van der Waals surface area (Å²) >= 11 is 1.40. The molecular weight excluding hydrogens is 452 g/mol. The second-order valence-electron chi connectivity index (χ2n) is 8.68. The molecule has 1 atom stereocenters. The third kappa shape index (κ3) is 6.86. The summed E-state index contributed by atoms with van der Waals surface area (Å²) in [6, 6.07) is 0. The van der Waals surface area contributed by atoms with E-state index >= 15 is 0 Å². The highest BCUT2D eigenvalue weighted by Crippen LogP contribution is 2.33. The Morgan fingerprint density at radius 1 is 0.970 bits per heavy atom. The summed E-state index contributed by atoms with van der Waals surface area (Å²) in [5.74, 6) is -1.58. The Hall–Kier alpha value is -2.27. The van der Waals surface area contributed by atoms with Crippen LogP contribution in [0, 0.1) is 11.8 Å². The summed E-state index contributed by atoms with van der Waals surface area (Å²) in [5, 5.41) is 0.165. The zero-order chi connectivity index (χ0) is 24.0. The topological polar surface area (TPSA) is 127 Å². The van der Waals surface area contributed by atoms with Crippen molar-refractivity contribution in [3.8, 4) is 0 Å². The number of imide groups is 2. The Labute approximate surface area is 196 Å². The molecule has 182 valence electrons. The number of nitrogens with zero attached hydrogens (tertiary/aromatic N) is 2. The van der Waals surface area contributed by atoms with Gasteiger partial charge in [-0.2, -0.15) is 0 Å². The first-order chi connectivity index (χ1) is 15.8. The Balaban J connectivity index is 1.37. The molecule has 0 aromatic heterocycles. The molecule has 2 saturated heterocycles. The fourth-order valence-corrected chi connectivity index (χ4v) is 5.23. The number of amides is 4. The highest BCUT2D eigenvalue weighted by atomic mass is 32.2. The van der Waals surface area contributed by atoms with E-state index in [1.54, 1.807) is 0 Å². The summed E-state index contributed by atoms with van der Waals surface area (Å²) < 4.78 is 5.37. The van der Waals surface area contributed by atoms with Crippen LogP contribution >= 0.6 is 11.8 Å². The number of ether oxygens (including phenoxy) is 1. The maximum absolute atomic E-state index is 12.7. The molecule has 10 nitrogen and oxygen atoms in total. The van der Waals surface area contributed by atoms with Crippen molar-refractivity contribution < 1.29 is 38.3 Å². The highest BCUT2D eigenvalue weighted by Gasteiger charge is 2.41. The van der Waals surface area contributed by atoms with Gasteiger partial charge in [0.15, 0.2) is 0 Å². The molecule has 0 bridgehead atoms. The van der Waals surface area contributed by atoms with Gasteiger partial charge in [0.2, 0.25) is 11.8 Å². The molecule has 0 aromatic rings. The predicted molar refractivity (Wildman–Crippen MR) is 116 cm³/mol. The molecule has 3 rings (SSSR count). The van der Waals surface area contributed by atoms with Gasteiger partial charge in [0.25, 0.3) is 11.8 Å². The Bertz CT molecular complexity index is 792. The zero-order valence-corrected chi connectivity index (χ0v) is 19.6. The van der Waals surface area contributed by atoms with Crippen LogP contribution in [0.15, 0.2) is 0 Å². The van der Waals surface area contributed by atoms with E-state index in [2.05, 4.69) is 0 Å². The van der Waals surface area contributed by atoms with E-state index in [9.17, 15) is 28.8 Å². The molecular formula is C22H30N2O8S. The molecule has 0 spiro atoms. The van der Waals surface area contributed by atoms with Crippen LogP contribution in [0.3, 0.4) is 0 Å². The van der Waals surface area contributed by atoms with Gasteiger partial charge in [-0.15, -0.1) is 16.8 Å². The van der Waals surface area contributed by atoms with Crippen molar-refractivity contribution in [2.75, 3.05) is 25.5 Å². The number of ketones is 1. The van der Waals surface area contributed by atoms with E-state index in [0.717, 1.165) is 0 Å². The third-order valence-electron chi connectivity index (χ3n) is 6.16. The lowest BCUT2D eigenvalue weighted by Gasteiger charge is -2.30. The maximum atomic E-state index is 12.7. The predicted octanol–water partition coefficient (Wildman–Crippen LogP) is 1.26. The van der Waals surface area contributed by atoms with Crippen LogP contribution in [0.1, 0.15) is 58.3 Å². The van der Waals surface area contributed by atoms with Gasteiger partial charge in [0.05, 0.1) is 24.4 Å². The fourth-order valence-electron chi connectivity index (χ4n) is 4.20. The van der Waals surface area contributed by atoms with Crippen molar-refractivity contribution in [2.45, 2.75) is 63.5 Å². The molecule has 4 amide bonds. The van der Waals surface area contributed by atoms with E-state index in [1.807, 2.05) is 0 Å². The minimum absolute atomic E-state index is 0.0584. The van der Waals surface area contributed by atoms with E-state index < -0.39 is 29.0 Å². The number of carbonyl (C=O) groups excluding carboxylic acids is 6. The van der Waals surface area contributed by atoms with Crippen LogP contribution in [0.25, 0.3) is 0 Å². The Kier molecular flexibility index (Phi) is 9.02. The van der Waals surface area contributed by atoms with Crippen molar-refractivity contribution in [1.29, 1.82) is 0 Å². The minimum Gasteiger partial charge on any atom is -0.380 e. The second-order valence-corrected chi connectivity index (χ2v) is 9.99. The third-order valence-corrected chi connectivity index (χ3v) is 7.33. The second kappa shape index (κ2) is 11.7. The lowest BCUT2D eigenvalue weighted by Crippen LogP contribution is -2.39. The molecule has 2 aliphatic heterocycles. The number of thioether (sulfide) groups is 1. The number of rotatable bonds is 11. The first kappa shape index (κ1) is 25.4. The van der Waals surface area contributed by atoms with Crippen molar-refractivity contribution in [1.82, 2.24) is 9.96 Å². The SMILES string of the molecule is CC(=O)CCOCCSC1CC(=O)N(C[C@H]2CC[C@H](C(=O)ON3C(=O)CCC3=O)CC2)C1=O. The lowest BCUT2D eigenvalue weighted by molar-refractivity contribution is -0.201. The van der Waals surface area contributed by atoms with Gasteiger partial charge in [0.1, 0.15) is 5.78 Å². The number of likely N-dealkylation sites (tertiary alicyclic amines) is 1. The van der Waals surface area contributed by atoms with Gasteiger partial charge in [-0.1, -0.05) is 0 Å². The van der Waals surface area contributed by atoms with Gasteiger partial charge in [-0.25, -0.2) is 4.79 Å². The summed E-state index contributed by atoms with van der Waals surface area (Å²) in [6.07, 6.45) is 3.01.